The number of hydrogen-bond donors (Lipinski definition) is 1. The highest BCUT2D eigenvalue weighted by molar-refractivity contribution is 5.79. The number of nitrogens with zero attached hydrogens (tertiary/aromatic N) is 1. The van der Waals surface area contributed by atoms with Crippen LogP contribution in [0.15, 0.2) is 11.6 Å². The number of hydrogen-bond acceptors (Lipinski definition) is 2. The second kappa shape index (κ2) is 5.67. The third-order valence-corrected chi connectivity index (χ3v) is 3.88. The van der Waals surface area contributed by atoms with Crippen LogP contribution in [0.5, 0.6) is 0 Å². The normalized spacial score (nSPS) is 30.0. The van der Waals surface area contributed by atoms with Crippen LogP contribution < -0.4 is 5.32 Å². The average molecular weight is 236 g/mol. The topological polar surface area (TPSA) is 32.3 Å². The van der Waals surface area contributed by atoms with Gasteiger partial charge in [0.1, 0.15) is 0 Å². The summed E-state index contributed by atoms with van der Waals surface area (Å²) in [6.45, 7) is 6.12. The van der Waals surface area contributed by atoms with Gasteiger partial charge in [-0.2, -0.15) is 0 Å². The van der Waals surface area contributed by atoms with Gasteiger partial charge in [0.2, 0.25) is 5.91 Å². The third kappa shape index (κ3) is 3.09. The SMILES string of the molecule is CC1CNCC(C)N1C(=O)CC1=CCCCC1. The zero-order chi connectivity index (χ0) is 12.3. The van der Waals surface area contributed by atoms with E-state index in [-0.39, 0.29) is 0 Å². The number of amides is 1. The van der Waals surface area contributed by atoms with E-state index in [1.54, 1.807) is 0 Å². The lowest BCUT2D eigenvalue weighted by atomic mass is 9.96. The van der Waals surface area contributed by atoms with Crippen LogP contribution in [0.3, 0.4) is 0 Å². The van der Waals surface area contributed by atoms with Crippen molar-refractivity contribution in [3.05, 3.63) is 11.6 Å². The van der Waals surface area contributed by atoms with Crippen molar-refractivity contribution in [1.29, 1.82) is 0 Å². The molecule has 0 aromatic carbocycles. The van der Waals surface area contributed by atoms with Gasteiger partial charge in [-0.3, -0.25) is 4.79 Å². The monoisotopic (exact) mass is 236 g/mol. The molecule has 3 nitrogen and oxygen atoms in total. The van der Waals surface area contributed by atoms with Crippen molar-refractivity contribution in [3.8, 4) is 0 Å². The summed E-state index contributed by atoms with van der Waals surface area (Å²) < 4.78 is 0. The predicted molar refractivity (Wildman–Crippen MR) is 69.8 cm³/mol. The molecule has 1 amide bonds. The summed E-state index contributed by atoms with van der Waals surface area (Å²) in [5.41, 5.74) is 1.36. The summed E-state index contributed by atoms with van der Waals surface area (Å²) in [4.78, 5) is 14.4. The van der Waals surface area contributed by atoms with Gasteiger partial charge in [-0.25, -0.2) is 0 Å². The molecular weight excluding hydrogens is 212 g/mol. The lowest BCUT2D eigenvalue weighted by Gasteiger charge is -2.39. The van der Waals surface area contributed by atoms with Gasteiger partial charge in [0.15, 0.2) is 0 Å². The molecule has 3 heteroatoms. The fourth-order valence-electron chi connectivity index (χ4n) is 2.97. The largest absolute Gasteiger partial charge is 0.334 e. The Kier molecular flexibility index (Phi) is 4.21. The van der Waals surface area contributed by atoms with Crippen LogP contribution in [0.25, 0.3) is 0 Å². The van der Waals surface area contributed by atoms with E-state index in [0.717, 1.165) is 25.9 Å². The van der Waals surface area contributed by atoms with E-state index >= 15 is 0 Å². The Morgan fingerprint density at radius 2 is 2.06 bits per heavy atom. The van der Waals surface area contributed by atoms with Gasteiger partial charge in [-0.15, -0.1) is 0 Å². The first-order chi connectivity index (χ1) is 8.18. The summed E-state index contributed by atoms with van der Waals surface area (Å²) in [5.74, 6) is 0.319. The van der Waals surface area contributed by atoms with Crippen LogP contribution in [-0.2, 0) is 4.79 Å². The molecular formula is C14H24N2O. The molecule has 1 saturated heterocycles. The van der Waals surface area contributed by atoms with Gasteiger partial charge >= 0.3 is 0 Å². The molecule has 0 saturated carbocycles. The highest BCUT2D eigenvalue weighted by atomic mass is 16.2. The van der Waals surface area contributed by atoms with E-state index in [1.807, 2.05) is 0 Å². The van der Waals surface area contributed by atoms with Gasteiger partial charge in [0.05, 0.1) is 0 Å². The maximum atomic E-state index is 12.3. The van der Waals surface area contributed by atoms with Crippen molar-refractivity contribution in [2.75, 3.05) is 13.1 Å². The standard InChI is InChI=1S/C14H24N2O/c1-11-9-15-10-12(2)16(11)14(17)8-13-6-4-3-5-7-13/h6,11-12,15H,3-5,7-10H2,1-2H3. The van der Waals surface area contributed by atoms with Crippen molar-refractivity contribution in [2.24, 2.45) is 0 Å². The van der Waals surface area contributed by atoms with E-state index in [2.05, 4.69) is 30.1 Å². The summed E-state index contributed by atoms with van der Waals surface area (Å²) in [6.07, 6.45) is 7.76. The molecule has 0 aromatic heterocycles. The number of piperazine rings is 1. The molecule has 2 rings (SSSR count). The maximum Gasteiger partial charge on any atom is 0.227 e. The van der Waals surface area contributed by atoms with Crippen molar-refractivity contribution in [3.63, 3.8) is 0 Å². The van der Waals surface area contributed by atoms with E-state index < -0.39 is 0 Å². The molecule has 17 heavy (non-hydrogen) atoms. The van der Waals surface area contributed by atoms with E-state index in [1.165, 1.54) is 18.4 Å². The molecule has 2 aliphatic rings. The number of carbonyl (C=O) groups is 1. The highest BCUT2D eigenvalue weighted by Gasteiger charge is 2.28. The van der Waals surface area contributed by atoms with Crippen LogP contribution in [0.2, 0.25) is 0 Å². The fraction of sp³-hybridized carbons (Fsp3) is 0.786. The average Bonchev–Trinajstić information content (AvgIpc) is 2.30. The maximum absolute atomic E-state index is 12.3. The molecule has 0 bridgehead atoms. The second-order valence-corrected chi connectivity index (χ2v) is 5.44. The van der Waals surface area contributed by atoms with E-state index in [4.69, 9.17) is 0 Å². The second-order valence-electron chi connectivity index (χ2n) is 5.44. The summed E-state index contributed by atoms with van der Waals surface area (Å²) in [7, 11) is 0. The van der Waals surface area contributed by atoms with E-state index in [9.17, 15) is 4.79 Å². The third-order valence-electron chi connectivity index (χ3n) is 3.88. The van der Waals surface area contributed by atoms with Crippen molar-refractivity contribution in [1.82, 2.24) is 10.2 Å². The number of nitrogens with one attached hydrogen (secondary N) is 1. The lowest BCUT2D eigenvalue weighted by molar-refractivity contribution is -0.135. The van der Waals surface area contributed by atoms with Crippen LogP contribution in [-0.4, -0.2) is 36.0 Å². The number of carbonyl (C=O) groups excluding carboxylic acids is 1. The van der Waals surface area contributed by atoms with Crippen LogP contribution >= 0.6 is 0 Å². The Bertz CT molecular complexity index is 301. The molecule has 1 aliphatic heterocycles. The molecule has 2 unspecified atom stereocenters. The first-order valence-electron chi connectivity index (χ1n) is 6.88. The number of rotatable bonds is 2. The minimum Gasteiger partial charge on any atom is -0.334 e. The number of allylic oxidation sites excluding steroid dienone is 1. The zero-order valence-electron chi connectivity index (χ0n) is 11.0. The van der Waals surface area contributed by atoms with Gasteiger partial charge in [-0.1, -0.05) is 11.6 Å². The smallest absolute Gasteiger partial charge is 0.227 e. The molecule has 96 valence electrons. The fourth-order valence-corrected chi connectivity index (χ4v) is 2.97. The molecule has 0 aromatic rings. The van der Waals surface area contributed by atoms with Gasteiger partial charge in [-0.05, 0) is 39.5 Å². The Morgan fingerprint density at radius 1 is 1.35 bits per heavy atom. The Morgan fingerprint density at radius 3 is 2.65 bits per heavy atom. The van der Waals surface area contributed by atoms with Crippen molar-refractivity contribution in [2.45, 2.75) is 58.0 Å². The zero-order valence-corrected chi connectivity index (χ0v) is 11.0. The lowest BCUT2D eigenvalue weighted by Crippen LogP contribution is -2.57. The summed E-state index contributed by atoms with van der Waals surface area (Å²) in [6, 6.07) is 0.658. The van der Waals surface area contributed by atoms with Crippen LogP contribution in [0.1, 0.15) is 46.0 Å². The Hall–Kier alpha value is -0.830. The molecule has 1 N–H and O–H groups in total. The Labute approximate surface area is 104 Å². The molecule has 0 radical (unpaired) electrons. The minimum atomic E-state index is 0.319. The van der Waals surface area contributed by atoms with Crippen LogP contribution in [0.4, 0.5) is 0 Å². The van der Waals surface area contributed by atoms with Crippen molar-refractivity contribution < 1.29 is 4.79 Å². The van der Waals surface area contributed by atoms with Gasteiger partial charge in [0, 0.05) is 31.6 Å². The van der Waals surface area contributed by atoms with Gasteiger partial charge < -0.3 is 10.2 Å². The Balaban J connectivity index is 1.95. The van der Waals surface area contributed by atoms with Crippen molar-refractivity contribution >= 4 is 5.91 Å². The van der Waals surface area contributed by atoms with Gasteiger partial charge in [0.25, 0.3) is 0 Å². The summed E-state index contributed by atoms with van der Waals surface area (Å²) in [5, 5.41) is 3.36. The van der Waals surface area contributed by atoms with E-state index in [0.29, 0.717) is 24.4 Å². The predicted octanol–water partition coefficient (Wildman–Crippen LogP) is 2.09. The summed E-state index contributed by atoms with van der Waals surface area (Å²) >= 11 is 0. The minimum absolute atomic E-state index is 0.319. The molecule has 1 heterocycles. The quantitative estimate of drug-likeness (QED) is 0.745. The molecule has 1 aliphatic carbocycles. The highest BCUT2D eigenvalue weighted by Crippen LogP contribution is 2.22. The molecule has 1 fully saturated rings. The first kappa shape index (κ1) is 12.6. The van der Waals surface area contributed by atoms with Crippen LogP contribution in [0, 0.1) is 0 Å². The molecule has 0 spiro atoms. The molecule has 2 atom stereocenters. The first-order valence-corrected chi connectivity index (χ1v) is 6.88.